The molecule has 3 N–H and O–H groups in total. The number of sulfonamides is 1. The Kier molecular flexibility index (Phi) is 10.5. The third-order valence-electron chi connectivity index (χ3n) is 12.2. The summed E-state index contributed by atoms with van der Waals surface area (Å²) in [5.41, 5.74) is 0.850. The van der Waals surface area contributed by atoms with Gasteiger partial charge in [-0.05, 0) is 88.5 Å². The molecule has 0 bridgehead atoms. The third-order valence-corrected chi connectivity index (χ3v) is 14.0. The minimum atomic E-state index is -3.91. The Morgan fingerprint density at radius 3 is 2.51 bits per heavy atom. The molecule has 9 rings (SSSR count). The molecule has 4 fully saturated rings. The fourth-order valence-corrected chi connectivity index (χ4v) is 10.1. The van der Waals surface area contributed by atoms with E-state index in [4.69, 9.17) is 19.6 Å². The molecule has 310 valence electrons. The van der Waals surface area contributed by atoms with Crippen molar-refractivity contribution in [2.45, 2.75) is 119 Å². The van der Waals surface area contributed by atoms with Crippen LogP contribution in [0.1, 0.15) is 83.5 Å². The van der Waals surface area contributed by atoms with Crippen LogP contribution in [0.5, 0.6) is 5.88 Å². The predicted octanol–water partition coefficient (Wildman–Crippen LogP) is 4.33. The van der Waals surface area contributed by atoms with E-state index in [-0.39, 0.29) is 25.5 Å². The van der Waals surface area contributed by atoms with Gasteiger partial charge in [0, 0.05) is 30.0 Å². The van der Waals surface area contributed by atoms with Crippen LogP contribution >= 0.6 is 0 Å². The average molecular weight is 825 g/mol. The van der Waals surface area contributed by atoms with Crippen LogP contribution in [0, 0.1) is 5.92 Å². The van der Waals surface area contributed by atoms with E-state index in [1.54, 1.807) is 16.8 Å². The zero-order valence-corrected chi connectivity index (χ0v) is 33.4. The number of hydrogen-bond donors (Lipinski definition) is 3. The zero-order chi connectivity index (χ0) is 40.7. The number of hydrogen-bond acceptors (Lipinski definition) is 11. The summed E-state index contributed by atoms with van der Waals surface area (Å²) in [6.07, 6.45) is 11.7. The summed E-state index contributed by atoms with van der Waals surface area (Å²) >= 11 is 0. The van der Waals surface area contributed by atoms with Crippen molar-refractivity contribution < 1.29 is 37.1 Å². The summed E-state index contributed by atoms with van der Waals surface area (Å²) in [7, 11) is -3.91. The van der Waals surface area contributed by atoms with E-state index in [0.29, 0.717) is 60.5 Å². The molecule has 1 saturated heterocycles. The van der Waals surface area contributed by atoms with Gasteiger partial charge in [-0.25, -0.2) is 18.2 Å². The third kappa shape index (κ3) is 8.08. The van der Waals surface area contributed by atoms with E-state index in [0.717, 1.165) is 43.9 Å². The number of ether oxygens (including phenoxy) is 2. The highest BCUT2D eigenvalue weighted by molar-refractivity contribution is 7.91. The lowest BCUT2D eigenvalue weighted by molar-refractivity contribution is -0.141. The molecule has 59 heavy (non-hydrogen) atoms. The average Bonchev–Trinajstić information content (AvgIpc) is 4.04. The number of amides is 4. The monoisotopic (exact) mass is 824 g/mol. The van der Waals surface area contributed by atoms with E-state index in [1.165, 1.54) is 4.90 Å². The number of pyridine rings is 1. The molecule has 4 aromatic rings. The molecule has 17 heteroatoms. The summed E-state index contributed by atoms with van der Waals surface area (Å²) in [4.78, 5) is 67.2. The fourth-order valence-electron chi connectivity index (χ4n) is 8.69. The van der Waals surface area contributed by atoms with Crippen LogP contribution in [0.4, 0.5) is 4.79 Å². The van der Waals surface area contributed by atoms with Crippen molar-refractivity contribution in [2.24, 2.45) is 5.92 Å². The second-order valence-electron chi connectivity index (χ2n) is 16.5. The van der Waals surface area contributed by atoms with Gasteiger partial charge in [-0.3, -0.25) is 24.1 Å². The SMILES string of the molecule is O=C(N[C@H]1CCCCCC=C[C@@H]2C[C@@]2(C(=O)NS(=O)(=O)C2CC2)NC(=O)[C@@H]2C[C@@H](Oc3cc(-c4ccccn4)nc4c5ccccc5nn34)CN2C1=O)OC1CCCC1. The highest BCUT2D eigenvalue weighted by Crippen LogP contribution is 2.46. The van der Waals surface area contributed by atoms with Gasteiger partial charge in [-0.2, -0.15) is 9.61 Å². The Hall–Kier alpha value is -5.58. The number of benzene rings is 1. The van der Waals surface area contributed by atoms with Gasteiger partial charge >= 0.3 is 6.09 Å². The fraction of sp³-hybridized carbons (Fsp3) is 0.500. The van der Waals surface area contributed by atoms with E-state index >= 15 is 0 Å². The van der Waals surface area contributed by atoms with Gasteiger partial charge in [0.2, 0.25) is 27.7 Å². The second-order valence-corrected chi connectivity index (χ2v) is 18.4. The predicted molar refractivity (Wildman–Crippen MR) is 215 cm³/mol. The van der Waals surface area contributed by atoms with Crippen molar-refractivity contribution in [3.63, 3.8) is 0 Å². The van der Waals surface area contributed by atoms with E-state index < -0.39 is 68.7 Å². The summed E-state index contributed by atoms with van der Waals surface area (Å²) in [5, 5.41) is 10.7. The number of carbonyl (C=O) groups excluding carboxylic acids is 4. The zero-order valence-electron chi connectivity index (χ0n) is 32.6. The standard InChI is InChI=1S/C42H48N8O8S/c51-38-35-22-28(57-36-23-34(32-17-10-11-21-43-32)44-37-30-15-8-9-16-31(30)47-50(36)37)25-49(35)39(52)33(45-41(54)58-27-13-6-7-14-27)18-5-3-1-2-4-12-26-24-42(26,46-38)40(53)48-59(55,56)29-19-20-29/h4,8-12,15-17,21,23,26-29,33,35H,1-3,5-7,13-14,18-20,22,24-25H2,(H,45,54)(H,46,51)(H,48,53)/t26-,28-,33+,35+,42-/m1/s1. The quantitative estimate of drug-likeness (QED) is 0.214. The molecule has 3 aromatic heterocycles. The highest BCUT2D eigenvalue weighted by atomic mass is 32.2. The maximum Gasteiger partial charge on any atom is 0.408 e. The Morgan fingerprint density at radius 1 is 0.915 bits per heavy atom. The normalized spacial score (nSPS) is 26.7. The molecule has 5 heterocycles. The Balaban J connectivity index is 1.05. The highest BCUT2D eigenvalue weighted by Gasteiger charge is 2.62. The van der Waals surface area contributed by atoms with Crippen LogP contribution in [-0.4, -0.2) is 98.3 Å². The number of rotatable bonds is 8. The first-order valence-corrected chi connectivity index (χ1v) is 22.3. The lowest BCUT2D eigenvalue weighted by atomic mass is 10.0. The van der Waals surface area contributed by atoms with Crippen molar-refractivity contribution in [3.8, 4) is 17.3 Å². The van der Waals surface area contributed by atoms with Gasteiger partial charge in [0.25, 0.3) is 5.91 Å². The van der Waals surface area contributed by atoms with Crippen LogP contribution in [0.15, 0.2) is 66.9 Å². The molecule has 0 unspecified atom stereocenters. The van der Waals surface area contributed by atoms with Gasteiger partial charge < -0.3 is 25.0 Å². The molecule has 0 radical (unpaired) electrons. The molecular formula is C42H48N8O8S. The van der Waals surface area contributed by atoms with Gasteiger partial charge in [-0.1, -0.05) is 43.2 Å². The van der Waals surface area contributed by atoms with Crippen LogP contribution in [0.2, 0.25) is 0 Å². The van der Waals surface area contributed by atoms with Crippen LogP contribution in [-0.2, 0) is 29.1 Å². The molecule has 16 nitrogen and oxygen atoms in total. The van der Waals surface area contributed by atoms with Crippen molar-refractivity contribution in [2.75, 3.05) is 6.54 Å². The maximum absolute atomic E-state index is 14.7. The number of alkyl carbamates (subject to hydrolysis) is 1. The maximum atomic E-state index is 14.7. The molecular weight excluding hydrogens is 777 g/mol. The number of fused-ring (bicyclic) bond motifs is 5. The minimum absolute atomic E-state index is 0.0267. The van der Waals surface area contributed by atoms with Crippen molar-refractivity contribution in [1.82, 2.24) is 39.8 Å². The van der Waals surface area contributed by atoms with E-state index in [1.807, 2.05) is 54.6 Å². The minimum Gasteiger partial charge on any atom is -0.472 e. The first-order valence-electron chi connectivity index (χ1n) is 20.8. The van der Waals surface area contributed by atoms with E-state index in [9.17, 15) is 27.6 Å². The number of nitrogens with one attached hydrogen (secondary N) is 3. The second kappa shape index (κ2) is 15.9. The van der Waals surface area contributed by atoms with Crippen LogP contribution in [0.25, 0.3) is 27.9 Å². The molecule has 3 aliphatic carbocycles. The molecule has 1 aromatic carbocycles. The molecule has 0 spiro atoms. The molecule has 5 aliphatic rings. The van der Waals surface area contributed by atoms with Crippen molar-refractivity contribution >= 4 is 50.4 Å². The topological polar surface area (TPSA) is 203 Å². The van der Waals surface area contributed by atoms with Crippen LogP contribution in [0.3, 0.4) is 0 Å². The lowest BCUT2D eigenvalue weighted by Gasteiger charge is -2.30. The van der Waals surface area contributed by atoms with Crippen LogP contribution < -0.4 is 20.1 Å². The van der Waals surface area contributed by atoms with Crippen molar-refractivity contribution in [1.29, 1.82) is 0 Å². The van der Waals surface area contributed by atoms with Crippen molar-refractivity contribution in [3.05, 3.63) is 66.9 Å². The Bertz CT molecular complexity index is 2410. The van der Waals surface area contributed by atoms with E-state index in [2.05, 4.69) is 20.3 Å². The molecule has 2 aliphatic heterocycles. The summed E-state index contributed by atoms with van der Waals surface area (Å²) < 4.78 is 42.1. The summed E-state index contributed by atoms with van der Waals surface area (Å²) in [6, 6.07) is 12.7. The van der Waals surface area contributed by atoms with Gasteiger partial charge in [-0.15, -0.1) is 0 Å². The number of nitrogens with zero attached hydrogens (tertiary/aromatic N) is 5. The summed E-state index contributed by atoms with van der Waals surface area (Å²) in [6.45, 7) is -0.0329. The molecule has 3 saturated carbocycles. The largest absolute Gasteiger partial charge is 0.472 e. The summed E-state index contributed by atoms with van der Waals surface area (Å²) in [5.74, 6) is -2.02. The van der Waals surface area contributed by atoms with Gasteiger partial charge in [0.1, 0.15) is 29.8 Å². The molecule has 5 atom stereocenters. The molecule has 4 amide bonds. The Morgan fingerprint density at radius 2 is 1.71 bits per heavy atom. The number of allylic oxidation sites excluding steroid dienone is 1. The first kappa shape index (κ1) is 38.9. The smallest absolute Gasteiger partial charge is 0.408 e. The lowest BCUT2D eigenvalue weighted by Crippen LogP contribution is -2.58. The Labute approximate surface area is 341 Å². The number of carbonyl (C=O) groups is 4. The number of aromatic nitrogens is 4. The first-order chi connectivity index (χ1) is 28.6. The van der Waals surface area contributed by atoms with Gasteiger partial charge in [0.15, 0.2) is 5.65 Å². The van der Waals surface area contributed by atoms with Gasteiger partial charge in [0.05, 0.1) is 28.7 Å².